The van der Waals surface area contributed by atoms with Gasteiger partial charge in [-0.2, -0.15) is 0 Å². The molecule has 1 aliphatic carbocycles. The monoisotopic (exact) mass is 235 g/mol. The lowest BCUT2D eigenvalue weighted by Crippen LogP contribution is -2.02. The molecule has 9 N–H and O–H groups in total. The zero-order chi connectivity index (χ0) is 12.8. The number of allylic oxidation sites excluding steroid dienone is 3. The van der Waals surface area contributed by atoms with E-state index in [9.17, 15) is 0 Å². The van der Waals surface area contributed by atoms with Crippen LogP contribution in [-0.4, -0.2) is 10.1 Å². The Morgan fingerprint density at radius 3 is 2.24 bits per heavy atom. The minimum Gasteiger partial charge on any atom is -0.510 e. The molecule has 6 nitrogen and oxygen atoms in total. The number of nitrogen functional groups attached to an aromatic ring is 3. The van der Waals surface area contributed by atoms with Crippen molar-refractivity contribution in [1.29, 1.82) is 0 Å². The summed E-state index contributed by atoms with van der Waals surface area (Å²) in [5.41, 5.74) is 22.2. The summed E-state index contributed by atoms with van der Waals surface area (Å²) in [5, 5.41) is 8.88. The van der Waals surface area contributed by atoms with Crippen molar-refractivity contribution in [2.45, 2.75) is 12.8 Å². The van der Waals surface area contributed by atoms with Gasteiger partial charge in [0.25, 0.3) is 0 Å². The third-order valence-corrected chi connectivity index (χ3v) is 2.16. The van der Waals surface area contributed by atoms with E-state index < -0.39 is 0 Å². The maximum Gasteiger partial charge on any atom is 0.149 e. The molecule has 0 radical (unpaired) electrons. The topological polar surface area (TPSA) is 137 Å². The van der Waals surface area contributed by atoms with Gasteiger partial charge in [0.15, 0.2) is 0 Å². The zero-order valence-electron chi connectivity index (χ0n) is 9.43. The van der Waals surface area contributed by atoms with Gasteiger partial charge in [-0.1, -0.05) is 6.08 Å². The van der Waals surface area contributed by atoms with Crippen LogP contribution < -0.4 is 22.9 Å². The van der Waals surface area contributed by atoms with Gasteiger partial charge in [-0.15, -0.1) is 0 Å². The first-order chi connectivity index (χ1) is 8.00. The Morgan fingerprint density at radius 2 is 1.82 bits per heavy atom. The molecular weight excluding hydrogens is 218 g/mol. The first-order valence-electron chi connectivity index (χ1n) is 5.12. The Labute approximate surface area is 99.6 Å². The summed E-state index contributed by atoms with van der Waals surface area (Å²) in [6.07, 6.45) is 5.29. The lowest BCUT2D eigenvalue weighted by molar-refractivity contribution is 0.381. The highest BCUT2D eigenvalue weighted by molar-refractivity contribution is 5.60. The number of aliphatic hydroxyl groups excluding tert-OH is 1. The van der Waals surface area contributed by atoms with E-state index in [0.29, 0.717) is 29.4 Å². The highest BCUT2D eigenvalue weighted by atomic mass is 16.3. The number of aromatic nitrogens is 1. The number of pyridine rings is 1. The molecule has 0 fully saturated rings. The van der Waals surface area contributed by atoms with Crippen molar-refractivity contribution in [1.82, 2.24) is 4.98 Å². The van der Waals surface area contributed by atoms with E-state index in [1.54, 1.807) is 18.2 Å². The van der Waals surface area contributed by atoms with Crippen molar-refractivity contribution in [3.05, 3.63) is 35.7 Å². The van der Waals surface area contributed by atoms with Crippen LogP contribution in [0.4, 0.5) is 17.3 Å². The summed E-state index contributed by atoms with van der Waals surface area (Å²) < 4.78 is 0. The Hall–Kier alpha value is -2.37. The molecule has 1 aliphatic rings. The van der Waals surface area contributed by atoms with E-state index >= 15 is 0 Å². The van der Waals surface area contributed by atoms with Crippen LogP contribution >= 0.6 is 0 Å². The van der Waals surface area contributed by atoms with Gasteiger partial charge in [0.2, 0.25) is 0 Å². The van der Waals surface area contributed by atoms with E-state index in [-0.39, 0.29) is 5.82 Å². The molecule has 0 saturated carbocycles. The van der Waals surface area contributed by atoms with E-state index in [1.165, 1.54) is 0 Å². The standard InChI is InChI=1S/C6H9NO.C5H8N4/c7-5-3-1-2-4-6(5)8;6-3-1-2-4(7)9-5(3)8/h1,3,8H,2,4,7H2;1-2H,6H2,(H4,7,8,9). The smallest absolute Gasteiger partial charge is 0.149 e. The number of anilines is 3. The van der Waals surface area contributed by atoms with Crippen molar-refractivity contribution in [2.24, 2.45) is 5.73 Å². The van der Waals surface area contributed by atoms with Crippen molar-refractivity contribution in [3.8, 4) is 0 Å². The molecule has 6 heteroatoms. The molecule has 0 aromatic carbocycles. The molecule has 1 aromatic rings. The quantitative estimate of drug-likeness (QED) is 0.453. The van der Waals surface area contributed by atoms with Crippen molar-refractivity contribution >= 4 is 17.3 Å². The lowest BCUT2D eigenvalue weighted by Gasteiger charge is -2.04. The van der Waals surface area contributed by atoms with E-state index in [2.05, 4.69) is 4.98 Å². The van der Waals surface area contributed by atoms with Gasteiger partial charge in [0, 0.05) is 6.42 Å². The van der Waals surface area contributed by atoms with E-state index in [0.717, 1.165) is 6.42 Å². The van der Waals surface area contributed by atoms with Crippen molar-refractivity contribution < 1.29 is 5.11 Å². The summed E-state index contributed by atoms with van der Waals surface area (Å²) in [7, 11) is 0. The number of nitrogens with zero attached hydrogens (tertiary/aromatic N) is 1. The van der Waals surface area contributed by atoms with Gasteiger partial charge < -0.3 is 28.0 Å². The molecule has 0 saturated heterocycles. The number of nitrogens with two attached hydrogens (primary N) is 4. The molecule has 0 bridgehead atoms. The molecule has 0 unspecified atom stereocenters. The highest BCUT2D eigenvalue weighted by Gasteiger charge is 2.00. The van der Waals surface area contributed by atoms with Gasteiger partial charge >= 0.3 is 0 Å². The van der Waals surface area contributed by atoms with Crippen LogP contribution in [0.1, 0.15) is 12.8 Å². The molecular formula is C11H17N5O. The predicted octanol–water partition coefficient (Wildman–Crippen LogP) is 0.893. The highest BCUT2D eigenvalue weighted by Crippen LogP contribution is 2.11. The van der Waals surface area contributed by atoms with E-state index in [4.69, 9.17) is 28.0 Å². The fourth-order valence-corrected chi connectivity index (χ4v) is 1.17. The molecule has 0 amide bonds. The molecule has 1 heterocycles. The number of rotatable bonds is 0. The van der Waals surface area contributed by atoms with Gasteiger partial charge in [-0.25, -0.2) is 4.98 Å². The average Bonchev–Trinajstić information content (AvgIpc) is 2.29. The molecule has 92 valence electrons. The second-order valence-corrected chi connectivity index (χ2v) is 3.55. The van der Waals surface area contributed by atoms with E-state index in [1.807, 2.05) is 6.08 Å². The Bertz CT molecular complexity index is 453. The molecule has 0 aliphatic heterocycles. The third-order valence-electron chi connectivity index (χ3n) is 2.16. The molecule has 2 rings (SSSR count). The second kappa shape index (κ2) is 5.64. The number of aliphatic hydroxyl groups is 1. The summed E-state index contributed by atoms with van der Waals surface area (Å²) in [6.45, 7) is 0. The summed E-state index contributed by atoms with van der Waals surface area (Å²) in [5.74, 6) is 1.00. The normalized spacial score (nSPS) is 14.1. The second-order valence-electron chi connectivity index (χ2n) is 3.55. The third kappa shape index (κ3) is 3.94. The first kappa shape index (κ1) is 12.7. The summed E-state index contributed by atoms with van der Waals surface area (Å²) in [4.78, 5) is 3.70. The lowest BCUT2D eigenvalue weighted by atomic mass is 10.1. The van der Waals surface area contributed by atoms with Gasteiger partial charge in [0.05, 0.1) is 11.4 Å². The Balaban J connectivity index is 0.000000171. The van der Waals surface area contributed by atoms with Crippen molar-refractivity contribution in [3.63, 3.8) is 0 Å². The number of hydrogen-bond acceptors (Lipinski definition) is 6. The Morgan fingerprint density at radius 1 is 1.12 bits per heavy atom. The van der Waals surface area contributed by atoms with Gasteiger partial charge in [-0.3, -0.25) is 0 Å². The van der Waals surface area contributed by atoms with Crippen LogP contribution in [0.15, 0.2) is 35.7 Å². The summed E-state index contributed by atoms with van der Waals surface area (Å²) >= 11 is 0. The minimum atomic E-state index is 0.287. The Kier molecular flexibility index (Phi) is 4.21. The van der Waals surface area contributed by atoms with Crippen LogP contribution in [0, 0.1) is 0 Å². The molecule has 0 atom stereocenters. The fourth-order valence-electron chi connectivity index (χ4n) is 1.17. The maximum atomic E-state index is 8.88. The minimum absolute atomic E-state index is 0.287. The van der Waals surface area contributed by atoms with Crippen LogP contribution in [0.25, 0.3) is 0 Å². The first-order valence-corrected chi connectivity index (χ1v) is 5.12. The van der Waals surface area contributed by atoms with Gasteiger partial charge in [-0.05, 0) is 24.6 Å². The predicted molar refractivity (Wildman–Crippen MR) is 69.7 cm³/mol. The summed E-state index contributed by atoms with van der Waals surface area (Å²) in [6, 6.07) is 3.23. The SMILES string of the molecule is NC1=C(O)CCC=C1.Nc1ccc(N)c(N)n1. The van der Waals surface area contributed by atoms with Crippen LogP contribution in [0.5, 0.6) is 0 Å². The molecule has 17 heavy (non-hydrogen) atoms. The fraction of sp³-hybridized carbons (Fsp3) is 0.182. The largest absolute Gasteiger partial charge is 0.510 e. The van der Waals surface area contributed by atoms with Crippen molar-refractivity contribution in [2.75, 3.05) is 17.2 Å². The maximum absolute atomic E-state index is 8.88. The zero-order valence-corrected chi connectivity index (χ0v) is 9.43. The van der Waals surface area contributed by atoms with Gasteiger partial charge in [0.1, 0.15) is 17.4 Å². The molecule has 1 aromatic heterocycles. The van der Waals surface area contributed by atoms with Crippen LogP contribution in [0.2, 0.25) is 0 Å². The van der Waals surface area contributed by atoms with Crippen LogP contribution in [-0.2, 0) is 0 Å². The van der Waals surface area contributed by atoms with Crippen LogP contribution in [0.3, 0.4) is 0 Å². The molecule has 0 spiro atoms. The number of hydrogen-bond donors (Lipinski definition) is 5. The average molecular weight is 235 g/mol.